The zero-order chi connectivity index (χ0) is 12.1. The standard InChI is InChI=1S/C6H8O7.2Sn.2H/c7-3(8)1-6(13,5(11)12)2-4(9)10;;;;/h13H,1-2H2,(H,7,8)(H,9,10)(H,11,12);;;;/q;2*+1;;/p-2. The predicted octanol–water partition coefficient (Wildman–Crippen LogP) is -2.70. The molecule has 82 valence electrons. The molecule has 0 unspecified atom stereocenters. The van der Waals surface area contributed by atoms with E-state index in [1.807, 2.05) is 0 Å². The van der Waals surface area contributed by atoms with Crippen molar-refractivity contribution in [3.8, 4) is 0 Å². The number of carbonyl (C=O) groups is 3. The van der Waals surface area contributed by atoms with Crippen LogP contribution in [0.2, 0.25) is 0 Å². The zero-order valence-electron chi connectivity index (χ0n) is 7.50. The molecule has 0 heterocycles. The average molecular weight is 430 g/mol. The van der Waals surface area contributed by atoms with Crippen molar-refractivity contribution in [2.75, 3.05) is 0 Å². The molecule has 0 fully saturated rings. The Morgan fingerprint density at radius 3 is 1.60 bits per heavy atom. The van der Waals surface area contributed by atoms with Gasteiger partial charge >= 0.3 is 113 Å². The number of carbonyl (C=O) groups excluding carboxylic acids is 2. The number of carboxylic acid groups (broad SMARTS) is 1. The molecule has 0 bridgehead atoms. The van der Waals surface area contributed by atoms with E-state index in [9.17, 15) is 19.5 Å². The van der Waals surface area contributed by atoms with Gasteiger partial charge in [-0.05, 0) is 0 Å². The first-order chi connectivity index (χ1) is 6.85. The maximum absolute atomic E-state index is 10.8. The van der Waals surface area contributed by atoms with Gasteiger partial charge in [-0.3, -0.25) is 0 Å². The topological polar surface area (TPSA) is 110 Å². The Kier molecular flexibility index (Phi) is 6.51. The molecule has 0 atom stereocenters. The third-order valence-corrected chi connectivity index (χ3v) is 3.04. The van der Waals surface area contributed by atoms with Crippen LogP contribution in [-0.4, -0.2) is 79.6 Å². The van der Waals surface area contributed by atoms with Crippen molar-refractivity contribution < 1.29 is 30.7 Å². The van der Waals surface area contributed by atoms with Gasteiger partial charge in [0, 0.05) is 0 Å². The Morgan fingerprint density at radius 2 is 1.40 bits per heavy atom. The summed E-state index contributed by atoms with van der Waals surface area (Å²) in [7, 11) is 0. The number of carboxylic acids is 1. The van der Waals surface area contributed by atoms with Crippen LogP contribution in [0.5, 0.6) is 0 Å². The molecule has 15 heavy (non-hydrogen) atoms. The summed E-state index contributed by atoms with van der Waals surface area (Å²) in [6, 6.07) is 0. The summed E-state index contributed by atoms with van der Waals surface area (Å²) < 4.78 is 8.67. The third-order valence-electron chi connectivity index (χ3n) is 1.53. The zero-order valence-corrected chi connectivity index (χ0v) is 14.1. The molecule has 0 aromatic rings. The molecule has 4 radical (unpaired) electrons. The fourth-order valence-electron chi connectivity index (χ4n) is 0.775. The number of aliphatic hydroxyl groups is 1. The Balaban J connectivity index is 4.67. The summed E-state index contributed by atoms with van der Waals surface area (Å²) in [6.45, 7) is 0. The minimum absolute atomic E-state index is 0.159. The maximum atomic E-state index is 10.8. The van der Waals surface area contributed by atoms with Crippen LogP contribution in [0.1, 0.15) is 12.8 Å². The van der Waals surface area contributed by atoms with Gasteiger partial charge in [0.25, 0.3) is 0 Å². The van der Waals surface area contributed by atoms with E-state index in [1.165, 1.54) is 0 Å². The van der Waals surface area contributed by atoms with Crippen LogP contribution >= 0.6 is 0 Å². The molecular weight excluding hydrogens is 421 g/mol. The number of aliphatic carboxylic acids is 1. The van der Waals surface area contributed by atoms with Crippen molar-refractivity contribution in [1.29, 1.82) is 0 Å². The van der Waals surface area contributed by atoms with E-state index in [0.29, 0.717) is 0 Å². The molecule has 2 N–H and O–H groups in total. The summed E-state index contributed by atoms with van der Waals surface area (Å²) in [6.07, 6.45) is -1.53. The normalized spacial score (nSPS) is 10.6. The van der Waals surface area contributed by atoms with Crippen molar-refractivity contribution >= 4 is 63.8 Å². The number of hydrogen-bond acceptors (Lipinski definition) is 6. The molecule has 0 saturated carbocycles. The van der Waals surface area contributed by atoms with Crippen molar-refractivity contribution in [2.45, 2.75) is 18.4 Å². The van der Waals surface area contributed by atoms with Gasteiger partial charge in [0.2, 0.25) is 0 Å². The summed E-state index contributed by atoms with van der Waals surface area (Å²) >= 11 is 0.319. The van der Waals surface area contributed by atoms with Crippen LogP contribution in [0.15, 0.2) is 0 Å². The molecule has 0 aromatic heterocycles. The Bertz CT molecular complexity index is 259. The van der Waals surface area contributed by atoms with Crippen LogP contribution < -0.4 is 0 Å². The molecule has 0 aliphatic rings. The van der Waals surface area contributed by atoms with Gasteiger partial charge in [-0.2, -0.15) is 0 Å². The second kappa shape index (κ2) is 6.53. The van der Waals surface area contributed by atoms with Crippen molar-refractivity contribution in [3.05, 3.63) is 0 Å². The molecule has 0 aliphatic heterocycles. The van der Waals surface area contributed by atoms with E-state index >= 15 is 0 Å². The van der Waals surface area contributed by atoms with Crippen LogP contribution in [-0.2, 0) is 20.5 Å². The van der Waals surface area contributed by atoms with Crippen LogP contribution in [0, 0.1) is 0 Å². The van der Waals surface area contributed by atoms with Gasteiger partial charge < -0.3 is 0 Å². The van der Waals surface area contributed by atoms with Crippen molar-refractivity contribution in [3.63, 3.8) is 0 Å². The van der Waals surface area contributed by atoms with Crippen LogP contribution in [0.25, 0.3) is 0 Å². The minimum atomic E-state index is -2.44. The summed E-state index contributed by atoms with van der Waals surface area (Å²) in [5.41, 5.74) is -2.44. The van der Waals surface area contributed by atoms with E-state index < -0.39 is 36.4 Å². The fraction of sp³-hybridized carbons (Fsp3) is 0.500. The van der Waals surface area contributed by atoms with Gasteiger partial charge in [0.05, 0.1) is 0 Å². The second-order valence-corrected chi connectivity index (χ2v) is 4.02. The van der Waals surface area contributed by atoms with E-state index in [2.05, 4.69) is 6.15 Å². The quantitative estimate of drug-likeness (QED) is 0.458. The molecule has 0 spiro atoms. The van der Waals surface area contributed by atoms with Gasteiger partial charge in [-0.1, -0.05) is 0 Å². The van der Waals surface area contributed by atoms with E-state index in [4.69, 9.17) is 5.11 Å². The van der Waals surface area contributed by atoms with Crippen LogP contribution in [0.3, 0.4) is 0 Å². The predicted molar refractivity (Wildman–Crippen MR) is 48.3 cm³/mol. The second-order valence-electron chi connectivity index (χ2n) is 2.67. The molecule has 0 aromatic carbocycles. The molecule has 7 nitrogen and oxygen atoms in total. The average Bonchev–Trinajstić information content (AvgIpc) is 2.16. The molecular formula is C6H8O7Sn2. The first kappa shape index (κ1) is 15.0. The number of rotatable bonds is 5. The summed E-state index contributed by atoms with van der Waals surface area (Å²) in [4.78, 5) is 32.4. The van der Waals surface area contributed by atoms with Gasteiger partial charge in [-0.25, -0.2) is 0 Å². The van der Waals surface area contributed by atoms with E-state index in [1.54, 1.807) is 0 Å². The monoisotopic (exact) mass is 432 g/mol. The first-order valence-electron chi connectivity index (χ1n) is 3.60. The Hall–Kier alpha value is -0.0326. The van der Waals surface area contributed by atoms with Crippen molar-refractivity contribution in [2.24, 2.45) is 0 Å². The van der Waals surface area contributed by atoms with E-state index in [-0.39, 0.29) is 45.9 Å². The molecule has 9 heteroatoms. The Morgan fingerprint density at radius 1 is 1.07 bits per heavy atom. The Labute approximate surface area is 112 Å². The van der Waals surface area contributed by atoms with Gasteiger partial charge in [0.1, 0.15) is 0 Å². The third kappa shape index (κ3) is 5.02. The molecule has 0 rings (SSSR count). The molecule has 0 saturated heterocycles. The van der Waals surface area contributed by atoms with Gasteiger partial charge in [-0.15, -0.1) is 0 Å². The van der Waals surface area contributed by atoms with E-state index in [0.717, 1.165) is 0 Å². The SMILES string of the molecule is O=C(CC(O)(CC(=O)[O][SnH])C(=O)O)[O][SnH]. The van der Waals surface area contributed by atoms with Crippen molar-refractivity contribution in [1.82, 2.24) is 0 Å². The van der Waals surface area contributed by atoms with Gasteiger partial charge in [0.15, 0.2) is 0 Å². The van der Waals surface area contributed by atoms with Crippen LogP contribution in [0.4, 0.5) is 0 Å². The summed E-state index contributed by atoms with van der Waals surface area (Å²) in [5.74, 6) is -3.37. The molecule has 0 amide bonds. The number of hydrogen-bond donors (Lipinski definition) is 2. The fourth-order valence-corrected chi connectivity index (χ4v) is 1.25. The first-order valence-corrected chi connectivity index (χ1v) is 6.29. The molecule has 0 aliphatic carbocycles. The summed E-state index contributed by atoms with van der Waals surface area (Å²) in [5, 5.41) is 18.2.